The molecule has 0 N–H and O–H groups in total. The number of rotatable bonds is 3. The molecular weight excluding hydrogens is 248 g/mol. The Balaban J connectivity index is 2.45. The topological polar surface area (TPSA) is 43.6 Å². The van der Waals surface area contributed by atoms with Crippen LogP contribution >= 0.6 is 11.6 Å². The summed E-state index contributed by atoms with van der Waals surface area (Å²) in [5.74, 6) is 1.20. The van der Waals surface area contributed by atoms with Crippen LogP contribution in [0.4, 0.5) is 0 Å². The van der Waals surface area contributed by atoms with Gasteiger partial charge in [-0.1, -0.05) is 25.4 Å². The fourth-order valence-corrected chi connectivity index (χ4v) is 2.03. The van der Waals surface area contributed by atoms with Gasteiger partial charge in [-0.25, -0.2) is 9.97 Å². The highest BCUT2D eigenvalue weighted by Crippen LogP contribution is 2.22. The molecule has 0 radical (unpaired) electrons. The van der Waals surface area contributed by atoms with Crippen molar-refractivity contribution >= 4 is 11.6 Å². The van der Waals surface area contributed by atoms with Gasteiger partial charge in [0, 0.05) is 18.4 Å². The highest BCUT2D eigenvalue weighted by Gasteiger charge is 2.12. The molecule has 96 valence electrons. The minimum atomic E-state index is 0.485. The van der Waals surface area contributed by atoms with Gasteiger partial charge in [-0.05, 0) is 25.3 Å². The lowest BCUT2D eigenvalue weighted by Gasteiger charge is -2.07. The van der Waals surface area contributed by atoms with Gasteiger partial charge in [0.15, 0.2) is 5.82 Å². The predicted octanol–water partition coefficient (Wildman–Crippen LogP) is 3.04. The number of hydrogen-bond acceptors (Lipinski definition) is 3. The first kappa shape index (κ1) is 13.0. The predicted molar refractivity (Wildman–Crippen MR) is 72.5 cm³/mol. The van der Waals surface area contributed by atoms with Crippen molar-refractivity contribution in [3.63, 3.8) is 0 Å². The molecule has 0 bridgehead atoms. The van der Waals surface area contributed by atoms with Crippen molar-refractivity contribution in [2.75, 3.05) is 0 Å². The number of halogens is 1. The van der Waals surface area contributed by atoms with Crippen molar-refractivity contribution in [3.8, 4) is 11.4 Å². The third kappa shape index (κ3) is 2.70. The van der Waals surface area contributed by atoms with Gasteiger partial charge in [0.2, 0.25) is 0 Å². The van der Waals surface area contributed by atoms with Crippen LogP contribution in [0.2, 0.25) is 5.15 Å². The lowest BCUT2D eigenvalue weighted by molar-refractivity contribution is 0.634. The molecule has 0 saturated heterocycles. The van der Waals surface area contributed by atoms with Crippen LogP contribution in [-0.4, -0.2) is 19.7 Å². The summed E-state index contributed by atoms with van der Waals surface area (Å²) in [7, 11) is 1.90. The third-order valence-electron chi connectivity index (χ3n) is 2.84. The standard InChI is InChI=1S/C13H17ClN4/c1-8(2)5-10-6-12(14)17-13(16-10)11-7-15-18(4)9(11)3/h6-8H,5H2,1-4H3. The van der Waals surface area contributed by atoms with Crippen molar-refractivity contribution in [2.45, 2.75) is 27.2 Å². The van der Waals surface area contributed by atoms with Crippen LogP contribution in [0.3, 0.4) is 0 Å². The zero-order valence-corrected chi connectivity index (χ0v) is 11.9. The second-order valence-corrected chi connectivity index (χ2v) is 5.26. The van der Waals surface area contributed by atoms with Gasteiger partial charge >= 0.3 is 0 Å². The van der Waals surface area contributed by atoms with E-state index in [1.165, 1.54) is 0 Å². The first-order chi connectivity index (χ1) is 8.47. The maximum atomic E-state index is 6.06. The maximum absolute atomic E-state index is 6.06. The van der Waals surface area contributed by atoms with E-state index in [1.807, 2.05) is 24.7 Å². The summed E-state index contributed by atoms with van der Waals surface area (Å²) in [6.45, 7) is 6.31. The van der Waals surface area contributed by atoms with Gasteiger partial charge in [0.05, 0.1) is 11.8 Å². The van der Waals surface area contributed by atoms with Crippen LogP contribution < -0.4 is 0 Å². The van der Waals surface area contributed by atoms with Gasteiger partial charge in [0.1, 0.15) is 5.15 Å². The van der Waals surface area contributed by atoms with E-state index in [1.54, 1.807) is 6.20 Å². The Kier molecular flexibility index (Phi) is 3.66. The number of nitrogens with zero attached hydrogens (tertiary/aromatic N) is 4. The molecule has 0 amide bonds. The van der Waals surface area contributed by atoms with E-state index in [2.05, 4.69) is 28.9 Å². The third-order valence-corrected chi connectivity index (χ3v) is 3.04. The van der Waals surface area contributed by atoms with Crippen LogP contribution in [0, 0.1) is 12.8 Å². The molecule has 0 aliphatic carbocycles. The molecule has 18 heavy (non-hydrogen) atoms. The van der Waals surface area contributed by atoms with E-state index in [4.69, 9.17) is 11.6 Å². The molecule has 5 heteroatoms. The molecule has 0 fully saturated rings. The SMILES string of the molecule is Cc1c(-c2nc(Cl)cc(CC(C)C)n2)cnn1C. The lowest BCUT2D eigenvalue weighted by atomic mass is 10.1. The van der Waals surface area contributed by atoms with Crippen molar-refractivity contribution in [2.24, 2.45) is 13.0 Å². The Morgan fingerprint density at radius 1 is 1.33 bits per heavy atom. The molecule has 4 nitrogen and oxygen atoms in total. The molecule has 2 aromatic heterocycles. The van der Waals surface area contributed by atoms with E-state index in [9.17, 15) is 0 Å². The average Bonchev–Trinajstić information content (AvgIpc) is 2.58. The van der Waals surface area contributed by atoms with Crippen LogP contribution in [0.25, 0.3) is 11.4 Å². The molecule has 2 rings (SSSR count). The Bertz CT molecular complexity index is 560. The highest BCUT2D eigenvalue weighted by molar-refractivity contribution is 6.29. The van der Waals surface area contributed by atoms with Gasteiger partial charge in [-0.3, -0.25) is 4.68 Å². The molecule has 0 saturated carbocycles. The fourth-order valence-electron chi connectivity index (χ4n) is 1.83. The van der Waals surface area contributed by atoms with E-state index < -0.39 is 0 Å². The average molecular weight is 265 g/mol. The molecule has 2 aromatic rings. The smallest absolute Gasteiger partial charge is 0.164 e. The minimum absolute atomic E-state index is 0.485. The summed E-state index contributed by atoms with van der Waals surface area (Å²) in [6, 6.07) is 1.83. The Labute approximate surface area is 112 Å². The molecule has 0 atom stereocenters. The minimum Gasteiger partial charge on any atom is -0.272 e. The number of aromatic nitrogens is 4. The quantitative estimate of drug-likeness (QED) is 0.801. The normalized spacial score (nSPS) is 11.2. The summed E-state index contributed by atoms with van der Waals surface area (Å²) < 4.78 is 1.81. The summed E-state index contributed by atoms with van der Waals surface area (Å²) >= 11 is 6.06. The van der Waals surface area contributed by atoms with E-state index >= 15 is 0 Å². The number of aryl methyl sites for hydroxylation is 1. The maximum Gasteiger partial charge on any atom is 0.164 e. The van der Waals surface area contributed by atoms with Crippen LogP contribution in [-0.2, 0) is 13.5 Å². The first-order valence-corrected chi connectivity index (χ1v) is 6.37. The summed E-state index contributed by atoms with van der Waals surface area (Å²) in [4.78, 5) is 8.86. The van der Waals surface area contributed by atoms with Crippen LogP contribution in [0.5, 0.6) is 0 Å². The van der Waals surface area contributed by atoms with E-state index in [-0.39, 0.29) is 0 Å². The van der Waals surface area contributed by atoms with Gasteiger partial charge in [-0.15, -0.1) is 0 Å². The van der Waals surface area contributed by atoms with Crippen molar-refractivity contribution in [1.82, 2.24) is 19.7 Å². The molecule has 0 aromatic carbocycles. The van der Waals surface area contributed by atoms with Crippen LogP contribution in [0.15, 0.2) is 12.3 Å². The highest BCUT2D eigenvalue weighted by atomic mass is 35.5. The Hall–Kier alpha value is -1.42. The second kappa shape index (κ2) is 5.06. The molecule has 0 unspecified atom stereocenters. The summed E-state index contributed by atoms with van der Waals surface area (Å²) in [5, 5.41) is 4.69. The largest absolute Gasteiger partial charge is 0.272 e. The van der Waals surface area contributed by atoms with Crippen LogP contribution in [0.1, 0.15) is 25.2 Å². The van der Waals surface area contributed by atoms with Gasteiger partial charge < -0.3 is 0 Å². The molecule has 0 aliphatic rings. The first-order valence-electron chi connectivity index (χ1n) is 5.99. The Morgan fingerprint density at radius 2 is 2.06 bits per heavy atom. The molecule has 0 spiro atoms. The molecule has 2 heterocycles. The fraction of sp³-hybridized carbons (Fsp3) is 0.462. The molecular formula is C13H17ClN4. The molecule has 0 aliphatic heterocycles. The van der Waals surface area contributed by atoms with Gasteiger partial charge in [-0.2, -0.15) is 5.10 Å². The zero-order chi connectivity index (χ0) is 13.3. The summed E-state index contributed by atoms with van der Waals surface area (Å²) in [6.07, 6.45) is 2.68. The monoisotopic (exact) mass is 264 g/mol. The second-order valence-electron chi connectivity index (χ2n) is 4.87. The van der Waals surface area contributed by atoms with Crippen molar-refractivity contribution < 1.29 is 0 Å². The summed E-state index contributed by atoms with van der Waals surface area (Å²) in [5.41, 5.74) is 2.95. The zero-order valence-electron chi connectivity index (χ0n) is 11.1. The van der Waals surface area contributed by atoms with Gasteiger partial charge in [0.25, 0.3) is 0 Å². The van der Waals surface area contributed by atoms with Crippen molar-refractivity contribution in [1.29, 1.82) is 0 Å². The van der Waals surface area contributed by atoms with Crippen molar-refractivity contribution in [3.05, 3.63) is 28.8 Å². The Morgan fingerprint density at radius 3 is 2.61 bits per heavy atom. The number of hydrogen-bond donors (Lipinski definition) is 0. The lowest BCUT2D eigenvalue weighted by Crippen LogP contribution is -2.01. The van der Waals surface area contributed by atoms with E-state index in [0.29, 0.717) is 16.9 Å². The van der Waals surface area contributed by atoms with E-state index in [0.717, 1.165) is 23.4 Å².